The lowest BCUT2D eigenvalue weighted by Gasteiger charge is -2.20. The van der Waals surface area contributed by atoms with Crippen LogP contribution in [0.5, 0.6) is 0 Å². The van der Waals surface area contributed by atoms with Gasteiger partial charge in [-0.2, -0.15) is 0 Å². The predicted molar refractivity (Wildman–Crippen MR) is 80.5 cm³/mol. The number of benzene rings is 1. The van der Waals surface area contributed by atoms with Crippen LogP contribution in [0.25, 0.3) is 0 Å². The molecule has 0 radical (unpaired) electrons. The topological polar surface area (TPSA) is 24.9 Å². The average molecular weight is 275 g/mol. The Balaban J connectivity index is 2.21. The van der Waals surface area contributed by atoms with Crippen molar-refractivity contribution in [3.05, 3.63) is 64.4 Å². The minimum Gasteiger partial charge on any atom is -0.310 e. The summed E-state index contributed by atoms with van der Waals surface area (Å²) in [7, 11) is 0. The lowest BCUT2D eigenvalue weighted by Crippen LogP contribution is -2.23. The van der Waals surface area contributed by atoms with Crippen LogP contribution >= 0.6 is 11.6 Å². The Hall–Kier alpha value is -1.38. The second-order valence-corrected chi connectivity index (χ2v) is 5.11. The van der Waals surface area contributed by atoms with E-state index in [9.17, 15) is 0 Å². The maximum absolute atomic E-state index is 5.93. The third-order valence-corrected chi connectivity index (χ3v) is 3.49. The lowest BCUT2D eigenvalue weighted by atomic mass is 9.96. The van der Waals surface area contributed by atoms with Crippen molar-refractivity contribution in [3.63, 3.8) is 0 Å². The molecule has 1 aromatic heterocycles. The van der Waals surface area contributed by atoms with E-state index in [2.05, 4.69) is 42.3 Å². The Labute approximate surface area is 119 Å². The van der Waals surface area contributed by atoms with Crippen LogP contribution in [0.2, 0.25) is 5.02 Å². The van der Waals surface area contributed by atoms with Crippen LogP contribution in [0.4, 0.5) is 0 Å². The van der Waals surface area contributed by atoms with Crippen LogP contribution < -0.4 is 5.32 Å². The molecule has 0 aliphatic rings. The van der Waals surface area contributed by atoms with Crippen LogP contribution in [-0.2, 0) is 6.42 Å². The molecule has 2 aromatic rings. The summed E-state index contributed by atoms with van der Waals surface area (Å²) in [5.41, 5.74) is 3.82. The molecule has 0 bridgehead atoms. The molecule has 3 heteroatoms. The molecular weight excluding hydrogens is 256 g/mol. The number of nitrogens with zero attached hydrogens (tertiary/aromatic N) is 1. The average Bonchev–Trinajstić information content (AvgIpc) is 2.41. The molecule has 100 valence electrons. The highest BCUT2D eigenvalue weighted by Crippen LogP contribution is 2.22. The van der Waals surface area contributed by atoms with E-state index in [1.165, 1.54) is 16.7 Å². The normalized spacial score (nSPS) is 12.4. The molecule has 0 aliphatic heterocycles. The van der Waals surface area contributed by atoms with Crippen molar-refractivity contribution in [2.75, 3.05) is 6.54 Å². The Morgan fingerprint density at radius 1 is 1.21 bits per heavy atom. The first kappa shape index (κ1) is 14.0. The van der Waals surface area contributed by atoms with Gasteiger partial charge in [0.05, 0.1) is 0 Å². The highest BCUT2D eigenvalue weighted by molar-refractivity contribution is 6.30. The van der Waals surface area contributed by atoms with E-state index in [0.29, 0.717) is 6.04 Å². The first-order valence-corrected chi connectivity index (χ1v) is 6.97. The number of hydrogen-bond acceptors (Lipinski definition) is 2. The molecule has 0 amide bonds. The van der Waals surface area contributed by atoms with Gasteiger partial charge in [-0.25, -0.2) is 0 Å². The summed E-state index contributed by atoms with van der Waals surface area (Å²) in [6.07, 6.45) is 4.73. The maximum atomic E-state index is 5.93. The molecule has 0 spiro atoms. The van der Waals surface area contributed by atoms with Gasteiger partial charge in [-0.3, -0.25) is 4.98 Å². The van der Waals surface area contributed by atoms with Crippen LogP contribution in [0.3, 0.4) is 0 Å². The van der Waals surface area contributed by atoms with E-state index in [4.69, 9.17) is 11.6 Å². The minimum atomic E-state index is 0.314. The molecule has 1 unspecified atom stereocenters. The number of nitrogens with one attached hydrogen (secondary N) is 1. The quantitative estimate of drug-likeness (QED) is 0.893. The van der Waals surface area contributed by atoms with Gasteiger partial charge >= 0.3 is 0 Å². The summed E-state index contributed by atoms with van der Waals surface area (Å²) < 4.78 is 0. The molecule has 2 rings (SSSR count). The second kappa shape index (κ2) is 6.69. The van der Waals surface area contributed by atoms with E-state index in [1.807, 2.05) is 24.5 Å². The van der Waals surface area contributed by atoms with Crippen molar-refractivity contribution in [3.8, 4) is 0 Å². The summed E-state index contributed by atoms with van der Waals surface area (Å²) in [6, 6.07) is 10.5. The zero-order valence-corrected chi connectivity index (χ0v) is 12.1. The molecule has 0 saturated heterocycles. The molecule has 1 aromatic carbocycles. The van der Waals surface area contributed by atoms with E-state index < -0.39 is 0 Å². The molecule has 19 heavy (non-hydrogen) atoms. The van der Waals surface area contributed by atoms with Gasteiger partial charge in [0.1, 0.15) is 0 Å². The number of halogens is 1. The molecule has 1 heterocycles. The fourth-order valence-corrected chi connectivity index (χ4v) is 2.40. The van der Waals surface area contributed by atoms with Crippen LogP contribution in [0, 0.1) is 6.92 Å². The third-order valence-electron chi connectivity index (χ3n) is 3.24. The number of aromatic nitrogens is 1. The van der Waals surface area contributed by atoms with Gasteiger partial charge in [-0.05, 0) is 54.8 Å². The van der Waals surface area contributed by atoms with Crippen molar-refractivity contribution in [2.45, 2.75) is 26.3 Å². The van der Waals surface area contributed by atoms with Crippen molar-refractivity contribution in [2.24, 2.45) is 0 Å². The van der Waals surface area contributed by atoms with Gasteiger partial charge in [0, 0.05) is 23.5 Å². The second-order valence-electron chi connectivity index (χ2n) is 4.67. The van der Waals surface area contributed by atoms with Gasteiger partial charge in [0.25, 0.3) is 0 Å². The van der Waals surface area contributed by atoms with Crippen LogP contribution in [-0.4, -0.2) is 11.5 Å². The minimum absolute atomic E-state index is 0.314. The smallest absolute Gasteiger partial charge is 0.0406 e. The standard InChI is InChI=1S/C16H19ClN2/c1-3-19-16(15-8-9-18-11-12(15)2)10-13-4-6-14(17)7-5-13/h4-9,11,16,19H,3,10H2,1-2H3. The van der Waals surface area contributed by atoms with Crippen LogP contribution in [0.1, 0.15) is 29.7 Å². The van der Waals surface area contributed by atoms with E-state index in [-0.39, 0.29) is 0 Å². The summed E-state index contributed by atoms with van der Waals surface area (Å²) in [6.45, 7) is 5.18. The largest absolute Gasteiger partial charge is 0.310 e. The number of aryl methyl sites for hydroxylation is 1. The van der Waals surface area contributed by atoms with Crippen molar-refractivity contribution in [1.29, 1.82) is 0 Å². The molecule has 1 N–H and O–H groups in total. The number of pyridine rings is 1. The molecule has 0 fully saturated rings. The van der Waals surface area contributed by atoms with Gasteiger partial charge in [0.2, 0.25) is 0 Å². The number of rotatable bonds is 5. The van der Waals surface area contributed by atoms with Gasteiger partial charge in [0.15, 0.2) is 0 Å². The zero-order valence-electron chi connectivity index (χ0n) is 11.4. The highest BCUT2D eigenvalue weighted by atomic mass is 35.5. The third kappa shape index (κ3) is 3.79. The Morgan fingerprint density at radius 2 is 1.95 bits per heavy atom. The number of hydrogen-bond donors (Lipinski definition) is 1. The first-order chi connectivity index (χ1) is 9.20. The number of likely N-dealkylation sites (N-methyl/N-ethyl adjacent to an activating group) is 1. The summed E-state index contributed by atoms with van der Waals surface area (Å²) in [4.78, 5) is 4.16. The molecular formula is C16H19ClN2. The van der Waals surface area contributed by atoms with Crippen molar-refractivity contribution < 1.29 is 0 Å². The monoisotopic (exact) mass is 274 g/mol. The summed E-state index contributed by atoms with van der Waals surface area (Å²) in [5.74, 6) is 0. The Morgan fingerprint density at radius 3 is 2.58 bits per heavy atom. The first-order valence-electron chi connectivity index (χ1n) is 6.59. The molecule has 0 aliphatic carbocycles. The van der Waals surface area contributed by atoms with Gasteiger partial charge in [-0.1, -0.05) is 30.7 Å². The Bertz CT molecular complexity index is 523. The molecule has 0 saturated carbocycles. The summed E-state index contributed by atoms with van der Waals surface area (Å²) in [5, 5.41) is 4.32. The summed E-state index contributed by atoms with van der Waals surface area (Å²) >= 11 is 5.93. The van der Waals surface area contributed by atoms with E-state index in [1.54, 1.807) is 0 Å². The fraction of sp³-hybridized carbons (Fsp3) is 0.312. The van der Waals surface area contributed by atoms with E-state index >= 15 is 0 Å². The zero-order chi connectivity index (χ0) is 13.7. The van der Waals surface area contributed by atoms with Gasteiger partial charge < -0.3 is 5.32 Å². The molecule has 2 nitrogen and oxygen atoms in total. The van der Waals surface area contributed by atoms with E-state index in [0.717, 1.165) is 18.0 Å². The lowest BCUT2D eigenvalue weighted by molar-refractivity contribution is 0.547. The maximum Gasteiger partial charge on any atom is 0.0406 e. The predicted octanol–water partition coefficient (Wildman–Crippen LogP) is 3.94. The highest BCUT2D eigenvalue weighted by Gasteiger charge is 2.13. The fourth-order valence-electron chi connectivity index (χ4n) is 2.27. The van der Waals surface area contributed by atoms with Crippen molar-refractivity contribution >= 4 is 11.6 Å². The van der Waals surface area contributed by atoms with Gasteiger partial charge in [-0.15, -0.1) is 0 Å². The van der Waals surface area contributed by atoms with Crippen LogP contribution in [0.15, 0.2) is 42.7 Å². The molecule has 1 atom stereocenters. The van der Waals surface area contributed by atoms with Crippen molar-refractivity contribution in [1.82, 2.24) is 10.3 Å². The SMILES string of the molecule is CCNC(Cc1ccc(Cl)cc1)c1ccncc1C. The Kier molecular flexibility index (Phi) is 4.94.